The van der Waals surface area contributed by atoms with Gasteiger partial charge < -0.3 is 19.2 Å². The average molecular weight is 697 g/mol. The molecule has 0 aliphatic rings. The van der Waals surface area contributed by atoms with Gasteiger partial charge in [0.05, 0.1) is 0 Å². The Bertz CT molecular complexity index is 55.6. The molecule has 4 N–H and O–H groups in total. The summed E-state index contributed by atoms with van der Waals surface area (Å²) in [6.45, 7) is 0. The summed E-state index contributed by atoms with van der Waals surface area (Å²) in [5.41, 5.74) is 0. The SMILES string of the molecule is O[Si](O)(O)O.[AlH3].[BaH2].[CaH2].[KH].[MgH2].[NaH].[PbH2].[SrH2]. The molecule has 0 aliphatic heterocycles. The zero-order valence-electron chi connectivity index (χ0n) is 3.00. The Kier molecular flexibility index (Phi) is 165. The van der Waals surface area contributed by atoms with E-state index in [1.807, 2.05) is 0 Å². The summed E-state index contributed by atoms with van der Waals surface area (Å²) in [5, 5.41) is 0. The van der Waals surface area contributed by atoms with Crippen LogP contribution in [0.3, 0.4) is 0 Å². The second-order valence-electron chi connectivity index (χ2n) is 0.600. The standard InChI is InChI=1S/Al.Ba.Ca.K.Mg.Na.H4O4Si.Pb.Sr.15H/c;;;;;;1-5(2,3)4;;;;;;;;;;;;;;;;;/h;;;;;;1-4H;;;;;;;;;;;;;;;;;. The Morgan fingerprint density at radius 3 is 0.923 bits per heavy atom. The van der Waals surface area contributed by atoms with Crippen molar-refractivity contribution in [3.8, 4) is 0 Å². The van der Waals surface area contributed by atoms with E-state index in [2.05, 4.69) is 0 Å². The van der Waals surface area contributed by atoms with Crippen molar-refractivity contribution >= 4 is 290 Å². The van der Waals surface area contributed by atoms with Crippen LogP contribution >= 0.6 is 0 Å². The molecule has 0 aliphatic carbocycles. The van der Waals surface area contributed by atoms with E-state index < -0.39 is 9.05 Å². The van der Waals surface area contributed by atoms with Gasteiger partial charge in [0, 0.05) is 0 Å². The van der Waals surface area contributed by atoms with Gasteiger partial charge in [0.2, 0.25) is 0 Å². The Morgan fingerprint density at radius 2 is 0.923 bits per heavy atom. The van der Waals surface area contributed by atoms with Crippen LogP contribution in [0.25, 0.3) is 0 Å². The van der Waals surface area contributed by atoms with Crippen LogP contribution in [0, 0.1) is 0 Å². The molecule has 0 atom stereocenters. The van der Waals surface area contributed by atoms with Crippen molar-refractivity contribution in [3.63, 3.8) is 0 Å². The molecule has 4 nitrogen and oxygen atoms in total. The van der Waals surface area contributed by atoms with E-state index in [0.29, 0.717) is 0 Å². The number of hydrogen-bond acceptors (Lipinski definition) is 4. The zero-order valence-corrected chi connectivity index (χ0v) is 9.49. The predicted molar refractivity (Wildman–Crippen MR) is 81.6 cm³/mol. The predicted octanol–water partition coefficient (Wildman–Crippen LogP) is -9.67. The first-order valence-corrected chi connectivity index (χ1v) is 2.68. The van der Waals surface area contributed by atoms with Gasteiger partial charge in [0.1, 0.15) is 0 Å². The van der Waals surface area contributed by atoms with Crippen LogP contribution in [-0.4, -0.2) is 309 Å². The monoisotopic (exact) mass is 698 g/mol. The van der Waals surface area contributed by atoms with Crippen molar-refractivity contribution in [1.82, 2.24) is 0 Å². The molecular weight excluding hydrogens is 678 g/mol. The number of hydrogen-bond donors (Lipinski definition) is 4. The molecule has 0 aromatic heterocycles. The third-order valence-corrected chi connectivity index (χ3v) is 0. The van der Waals surface area contributed by atoms with E-state index in [9.17, 15) is 0 Å². The first kappa shape index (κ1) is 57.2. The summed E-state index contributed by atoms with van der Waals surface area (Å²) in [6.07, 6.45) is 0. The topological polar surface area (TPSA) is 80.9 Å². The first-order chi connectivity index (χ1) is 2.00. The molecule has 2 radical (unpaired) electrons. The summed E-state index contributed by atoms with van der Waals surface area (Å²) in [5.74, 6) is 0. The van der Waals surface area contributed by atoms with Gasteiger partial charge in [-0.05, 0) is 0 Å². The van der Waals surface area contributed by atoms with Crippen LogP contribution in [0.15, 0.2) is 0 Å². The molecule has 0 aromatic rings. The van der Waals surface area contributed by atoms with Gasteiger partial charge in [-0.25, -0.2) is 0 Å². The van der Waals surface area contributed by atoms with Crippen molar-refractivity contribution in [2.75, 3.05) is 0 Å². The van der Waals surface area contributed by atoms with Gasteiger partial charge in [-0.15, -0.1) is 0 Å². The molecule has 0 unspecified atom stereocenters. The van der Waals surface area contributed by atoms with E-state index >= 15 is 0 Å². The maximum absolute atomic E-state index is 7.33. The van der Waals surface area contributed by atoms with Crippen molar-refractivity contribution in [2.45, 2.75) is 0 Å². The molecule has 0 spiro atoms. The van der Waals surface area contributed by atoms with Gasteiger partial charge in [-0.2, -0.15) is 0 Å². The van der Waals surface area contributed by atoms with Gasteiger partial charge in [-0.3, -0.25) is 0 Å². The maximum atomic E-state index is 7.33. The van der Waals surface area contributed by atoms with E-state index in [0.717, 1.165) is 0 Å². The van der Waals surface area contributed by atoms with Crippen LogP contribution in [0.2, 0.25) is 0 Å². The Morgan fingerprint density at radius 1 is 0.923 bits per heavy atom. The minimum absolute atomic E-state index is 0. The van der Waals surface area contributed by atoms with E-state index in [4.69, 9.17) is 19.2 Å². The summed E-state index contributed by atoms with van der Waals surface area (Å²) >= 11 is 0. The molecule has 13 heteroatoms. The normalized spacial score (nSPS) is 4.62. The molecule has 0 rings (SSSR count). The average Bonchev–Trinajstić information content (AvgIpc) is 0.722. The minimum atomic E-state index is -4.61. The van der Waals surface area contributed by atoms with Crippen LogP contribution in [-0.2, 0) is 0 Å². The molecule has 0 saturated carbocycles. The van der Waals surface area contributed by atoms with Crippen LogP contribution < -0.4 is 0 Å². The fourth-order valence-electron chi connectivity index (χ4n) is 0. The third-order valence-electron chi connectivity index (χ3n) is 0. The van der Waals surface area contributed by atoms with Gasteiger partial charge in [0.25, 0.3) is 0 Å². The van der Waals surface area contributed by atoms with Crippen molar-refractivity contribution in [2.24, 2.45) is 0 Å². The molecule has 13 heavy (non-hydrogen) atoms. The van der Waals surface area contributed by atoms with Crippen LogP contribution in [0.1, 0.15) is 0 Å². The Balaban J connectivity index is -0.00000000286. The molecule has 0 bridgehead atoms. The summed E-state index contributed by atoms with van der Waals surface area (Å²) in [7, 11) is -4.61. The number of rotatable bonds is 0. The van der Waals surface area contributed by atoms with E-state index in [1.165, 1.54) is 0 Å². The van der Waals surface area contributed by atoms with Crippen molar-refractivity contribution in [1.29, 1.82) is 0 Å². The van der Waals surface area contributed by atoms with Crippen LogP contribution in [0.4, 0.5) is 0 Å². The molecular formula is H19AlBaCaKMgNaO4PbSiSr. The molecule has 0 amide bonds. The zero-order chi connectivity index (χ0) is 4.50. The second kappa shape index (κ2) is 37.5. The Hall–Kier alpha value is 9.23. The van der Waals surface area contributed by atoms with E-state index in [1.54, 1.807) is 0 Å². The van der Waals surface area contributed by atoms with Crippen molar-refractivity contribution < 1.29 is 19.2 Å². The summed E-state index contributed by atoms with van der Waals surface area (Å²) in [6, 6.07) is 0. The Labute approximate surface area is 298 Å². The van der Waals surface area contributed by atoms with E-state index in [-0.39, 0.29) is 281 Å². The van der Waals surface area contributed by atoms with Gasteiger partial charge in [-0.1, -0.05) is 0 Å². The molecule has 0 heterocycles. The quantitative estimate of drug-likeness (QED) is 0.190. The summed E-state index contributed by atoms with van der Waals surface area (Å²) < 4.78 is 0. The second-order valence-corrected chi connectivity index (χ2v) is 1.80. The fourth-order valence-corrected chi connectivity index (χ4v) is 0. The van der Waals surface area contributed by atoms with Crippen LogP contribution in [0.5, 0.6) is 0 Å². The molecule has 0 saturated heterocycles. The fraction of sp³-hybridized carbons (Fsp3) is 0. The summed E-state index contributed by atoms with van der Waals surface area (Å²) in [4.78, 5) is 29.3. The van der Waals surface area contributed by atoms with Gasteiger partial charge >= 0.3 is 272 Å². The van der Waals surface area contributed by atoms with Crippen molar-refractivity contribution in [3.05, 3.63) is 0 Å². The van der Waals surface area contributed by atoms with Gasteiger partial charge in [0.15, 0.2) is 17.4 Å². The molecule has 64 valence electrons. The molecule has 0 aromatic carbocycles. The molecule has 0 fully saturated rings. The third kappa shape index (κ3) is 92.2. The first-order valence-electron chi connectivity index (χ1n) is 0.894.